The minimum absolute atomic E-state index is 0.227. The lowest BCUT2D eigenvalue weighted by molar-refractivity contribution is -0.255. The summed E-state index contributed by atoms with van der Waals surface area (Å²) >= 11 is 0.346. The minimum atomic E-state index is -4.90. The molecule has 0 saturated carbocycles. The van der Waals surface area contributed by atoms with Gasteiger partial charge in [-0.2, -0.15) is 13.2 Å². The zero-order valence-electron chi connectivity index (χ0n) is 14.0. The van der Waals surface area contributed by atoms with E-state index in [9.17, 15) is 23.1 Å². The summed E-state index contributed by atoms with van der Waals surface area (Å²) in [6.45, 7) is 1.83. The fourth-order valence-corrected chi connectivity index (χ4v) is 3.19. The number of hydrogen-bond acceptors (Lipinski definition) is 7. The van der Waals surface area contributed by atoms with Gasteiger partial charge in [0.25, 0.3) is 0 Å². The van der Waals surface area contributed by atoms with Crippen molar-refractivity contribution >= 4 is 28.1 Å². The summed E-state index contributed by atoms with van der Waals surface area (Å²) in [6, 6.07) is 4.83. The standard InChI is InChI=1S/C16H13F3N4O3S/c1-8-6-23(7-20-8)10-4-3-9(5-11(10)26-2)21-15-22-13(16(17,18)19)12(27-15)14(24)25/h3-7H,1-2H3,(H,21,22)(H,24,25)/p-1. The molecule has 0 spiro atoms. The topological polar surface area (TPSA) is 92.1 Å². The van der Waals surface area contributed by atoms with Crippen molar-refractivity contribution in [2.75, 3.05) is 12.4 Å². The minimum Gasteiger partial charge on any atom is -0.544 e. The first kappa shape index (κ1) is 18.7. The van der Waals surface area contributed by atoms with Crippen LogP contribution in [0.5, 0.6) is 5.75 Å². The molecule has 2 aromatic heterocycles. The average molecular weight is 397 g/mol. The van der Waals surface area contributed by atoms with Gasteiger partial charge in [-0.3, -0.25) is 0 Å². The number of nitrogens with one attached hydrogen (secondary N) is 1. The molecule has 3 aromatic rings. The molecule has 0 aliphatic carbocycles. The van der Waals surface area contributed by atoms with Crippen molar-refractivity contribution < 1.29 is 27.8 Å². The fraction of sp³-hybridized carbons (Fsp3) is 0.188. The molecule has 0 atom stereocenters. The second-order valence-corrected chi connectivity index (χ2v) is 6.41. The highest BCUT2D eigenvalue weighted by Gasteiger charge is 2.38. The number of imidazole rings is 1. The Bertz CT molecular complexity index is 997. The van der Waals surface area contributed by atoms with Gasteiger partial charge in [0, 0.05) is 18.0 Å². The van der Waals surface area contributed by atoms with E-state index in [1.807, 2.05) is 6.92 Å². The van der Waals surface area contributed by atoms with Crippen molar-refractivity contribution in [3.05, 3.63) is 47.0 Å². The van der Waals surface area contributed by atoms with Crippen LogP contribution >= 0.6 is 11.3 Å². The molecule has 0 aliphatic rings. The normalized spacial score (nSPS) is 11.4. The van der Waals surface area contributed by atoms with Gasteiger partial charge >= 0.3 is 6.18 Å². The Balaban J connectivity index is 1.93. The van der Waals surface area contributed by atoms with E-state index in [1.165, 1.54) is 7.11 Å². The number of anilines is 2. The first-order valence-electron chi connectivity index (χ1n) is 7.44. The number of aryl methyl sites for hydroxylation is 1. The maximum atomic E-state index is 12.9. The number of carbonyl (C=O) groups is 1. The summed E-state index contributed by atoms with van der Waals surface area (Å²) < 4.78 is 45.8. The third kappa shape index (κ3) is 3.87. The third-order valence-electron chi connectivity index (χ3n) is 3.50. The number of carboxylic acids is 1. The lowest BCUT2D eigenvalue weighted by atomic mass is 10.2. The largest absolute Gasteiger partial charge is 0.544 e. The molecular weight excluding hydrogens is 385 g/mol. The molecule has 27 heavy (non-hydrogen) atoms. The molecule has 0 amide bonds. The van der Waals surface area contributed by atoms with Gasteiger partial charge in [-0.05, 0) is 19.1 Å². The monoisotopic (exact) mass is 397 g/mol. The van der Waals surface area contributed by atoms with Crippen molar-refractivity contribution in [3.63, 3.8) is 0 Å². The van der Waals surface area contributed by atoms with E-state index in [2.05, 4.69) is 15.3 Å². The molecule has 2 heterocycles. The zero-order chi connectivity index (χ0) is 19.8. The predicted octanol–water partition coefficient (Wildman–Crippen LogP) is 2.77. The highest BCUT2D eigenvalue weighted by atomic mass is 32.1. The second-order valence-electron chi connectivity index (χ2n) is 5.42. The zero-order valence-corrected chi connectivity index (χ0v) is 14.8. The summed E-state index contributed by atoms with van der Waals surface area (Å²) in [6.07, 6.45) is -1.51. The Morgan fingerprint density at radius 3 is 2.63 bits per heavy atom. The molecular formula is C16H12F3N4O3S-. The molecule has 0 bridgehead atoms. The number of thiazole rings is 1. The van der Waals surface area contributed by atoms with Gasteiger partial charge in [0.15, 0.2) is 10.8 Å². The van der Waals surface area contributed by atoms with E-state index < -0.39 is 22.7 Å². The maximum Gasteiger partial charge on any atom is 0.434 e. The average Bonchev–Trinajstić information content (AvgIpc) is 3.21. The molecule has 0 fully saturated rings. The van der Waals surface area contributed by atoms with E-state index in [4.69, 9.17) is 4.74 Å². The fourth-order valence-electron chi connectivity index (χ4n) is 2.35. The number of benzene rings is 1. The molecule has 11 heteroatoms. The SMILES string of the molecule is COc1cc(Nc2nc(C(F)(F)F)c(C(=O)[O-])s2)ccc1-n1cnc(C)c1. The van der Waals surface area contributed by atoms with Crippen molar-refractivity contribution in [3.8, 4) is 11.4 Å². The molecule has 0 saturated heterocycles. The van der Waals surface area contributed by atoms with Crippen LogP contribution in [0, 0.1) is 6.92 Å². The number of ether oxygens (including phenoxy) is 1. The van der Waals surface area contributed by atoms with Gasteiger partial charge in [-0.15, -0.1) is 0 Å². The number of nitrogens with zero attached hydrogens (tertiary/aromatic N) is 3. The van der Waals surface area contributed by atoms with Gasteiger partial charge in [-0.25, -0.2) is 9.97 Å². The number of aromatic carboxylic acids is 1. The lowest BCUT2D eigenvalue weighted by Gasteiger charge is -2.11. The number of hydrogen-bond donors (Lipinski definition) is 1. The summed E-state index contributed by atoms with van der Waals surface area (Å²) in [5.74, 6) is -1.50. The molecule has 1 aromatic carbocycles. The molecule has 0 unspecified atom stereocenters. The molecule has 3 rings (SSSR count). The first-order chi connectivity index (χ1) is 12.7. The Morgan fingerprint density at radius 1 is 1.37 bits per heavy atom. The van der Waals surface area contributed by atoms with Crippen LogP contribution in [-0.4, -0.2) is 27.6 Å². The number of rotatable bonds is 5. The summed E-state index contributed by atoms with van der Waals surface area (Å²) in [4.78, 5) is 17.4. The van der Waals surface area contributed by atoms with E-state index in [0.717, 1.165) is 5.69 Å². The van der Waals surface area contributed by atoms with Crippen LogP contribution in [0.25, 0.3) is 5.69 Å². The molecule has 0 radical (unpaired) electrons. The van der Waals surface area contributed by atoms with E-state index >= 15 is 0 Å². The summed E-state index contributed by atoms with van der Waals surface area (Å²) in [5, 5.41) is 13.4. The number of carbonyl (C=O) groups excluding carboxylic acids is 1. The van der Waals surface area contributed by atoms with Crippen molar-refractivity contribution in [1.82, 2.24) is 14.5 Å². The van der Waals surface area contributed by atoms with Crippen LogP contribution in [0.3, 0.4) is 0 Å². The van der Waals surface area contributed by atoms with E-state index in [-0.39, 0.29) is 5.13 Å². The third-order valence-corrected chi connectivity index (χ3v) is 4.45. The molecule has 0 aliphatic heterocycles. The van der Waals surface area contributed by atoms with Crippen LogP contribution < -0.4 is 15.2 Å². The number of carboxylic acid groups (broad SMARTS) is 1. The quantitative estimate of drug-likeness (QED) is 0.712. The summed E-state index contributed by atoms with van der Waals surface area (Å²) in [7, 11) is 1.45. The van der Waals surface area contributed by atoms with Crippen LogP contribution in [-0.2, 0) is 6.18 Å². The van der Waals surface area contributed by atoms with Gasteiger partial charge in [0.05, 0.1) is 35.7 Å². The number of aromatic nitrogens is 3. The van der Waals surface area contributed by atoms with Gasteiger partial charge < -0.3 is 24.5 Å². The first-order valence-corrected chi connectivity index (χ1v) is 8.26. The Hall–Kier alpha value is -3.08. The summed E-state index contributed by atoms with van der Waals surface area (Å²) in [5.41, 5.74) is 0.359. The van der Waals surface area contributed by atoms with Crippen LogP contribution in [0.15, 0.2) is 30.7 Å². The van der Waals surface area contributed by atoms with Gasteiger partial charge in [0.2, 0.25) is 0 Å². The Kier molecular flexibility index (Phi) is 4.79. The maximum absolute atomic E-state index is 12.9. The predicted molar refractivity (Wildman–Crippen MR) is 89.6 cm³/mol. The molecule has 7 nitrogen and oxygen atoms in total. The highest BCUT2D eigenvalue weighted by Crippen LogP contribution is 2.37. The van der Waals surface area contributed by atoms with Gasteiger partial charge in [0.1, 0.15) is 5.75 Å². The molecule has 1 N–H and O–H groups in total. The van der Waals surface area contributed by atoms with E-state index in [0.29, 0.717) is 28.5 Å². The number of halogens is 3. The smallest absolute Gasteiger partial charge is 0.434 e. The van der Waals surface area contributed by atoms with Crippen molar-refractivity contribution in [2.24, 2.45) is 0 Å². The van der Waals surface area contributed by atoms with E-state index in [1.54, 1.807) is 35.3 Å². The van der Waals surface area contributed by atoms with Crippen LogP contribution in [0.2, 0.25) is 0 Å². The van der Waals surface area contributed by atoms with Crippen molar-refractivity contribution in [2.45, 2.75) is 13.1 Å². The van der Waals surface area contributed by atoms with Crippen molar-refractivity contribution in [1.29, 1.82) is 0 Å². The Morgan fingerprint density at radius 2 is 2.11 bits per heavy atom. The number of methoxy groups -OCH3 is 1. The Labute approximate surface area is 155 Å². The lowest BCUT2D eigenvalue weighted by Crippen LogP contribution is -2.24. The number of alkyl halides is 3. The molecule has 142 valence electrons. The highest BCUT2D eigenvalue weighted by molar-refractivity contribution is 7.17. The second kappa shape index (κ2) is 6.91. The van der Waals surface area contributed by atoms with Crippen LogP contribution in [0.4, 0.5) is 24.0 Å². The van der Waals surface area contributed by atoms with Gasteiger partial charge in [-0.1, -0.05) is 11.3 Å². The van der Waals surface area contributed by atoms with Crippen LogP contribution in [0.1, 0.15) is 21.1 Å².